The van der Waals surface area contributed by atoms with Gasteiger partial charge in [0.05, 0.1) is 11.5 Å². The zero-order valence-corrected chi connectivity index (χ0v) is 10.5. The molecule has 0 bridgehead atoms. The maximum absolute atomic E-state index is 11.0. The lowest BCUT2D eigenvalue weighted by Gasteiger charge is -2.19. The van der Waals surface area contributed by atoms with Crippen LogP contribution in [-0.2, 0) is 6.61 Å². The molecule has 0 aromatic heterocycles. The van der Waals surface area contributed by atoms with Gasteiger partial charge in [-0.2, -0.15) is 0 Å². The number of aliphatic hydroxyl groups excluding tert-OH is 1. The van der Waals surface area contributed by atoms with Crippen molar-refractivity contribution in [3.8, 4) is 0 Å². The number of allylic oxidation sites excluding steroid dienone is 1. The number of nitrogens with zero attached hydrogens (tertiary/aromatic N) is 2. The van der Waals surface area contributed by atoms with E-state index in [0.717, 1.165) is 19.4 Å². The molecule has 0 amide bonds. The highest BCUT2D eigenvalue weighted by Gasteiger charge is 2.17. The topological polar surface area (TPSA) is 66.6 Å². The summed E-state index contributed by atoms with van der Waals surface area (Å²) in [6, 6.07) is 4.79. The van der Waals surface area contributed by atoms with Gasteiger partial charge < -0.3 is 10.0 Å². The number of anilines is 1. The second kappa shape index (κ2) is 6.76. The normalized spacial score (nSPS) is 10.1. The summed E-state index contributed by atoms with van der Waals surface area (Å²) in [5, 5.41) is 20.0. The molecule has 0 radical (unpaired) electrons. The summed E-state index contributed by atoms with van der Waals surface area (Å²) in [7, 11) is 1.82. The van der Waals surface area contributed by atoms with Gasteiger partial charge >= 0.3 is 0 Å². The molecule has 0 saturated carbocycles. The molecule has 5 nitrogen and oxygen atoms in total. The Morgan fingerprint density at radius 3 is 2.83 bits per heavy atom. The quantitative estimate of drug-likeness (QED) is 0.349. The van der Waals surface area contributed by atoms with Gasteiger partial charge in [0.15, 0.2) is 0 Å². The molecule has 1 aromatic carbocycles. The monoisotopic (exact) mass is 250 g/mol. The molecule has 0 heterocycles. The van der Waals surface area contributed by atoms with E-state index in [0.29, 0.717) is 11.3 Å². The molecule has 0 aliphatic rings. The third kappa shape index (κ3) is 3.56. The average Bonchev–Trinajstić information content (AvgIpc) is 2.38. The van der Waals surface area contributed by atoms with Crippen molar-refractivity contribution in [2.45, 2.75) is 19.4 Å². The van der Waals surface area contributed by atoms with Crippen LogP contribution in [0.3, 0.4) is 0 Å². The van der Waals surface area contributed by atoms with Crippen LogP contribution in [0.5, 0.6) is 0 Å². The predicted octanol–water partition coefficient (Wildman–Crippen LogP) is 2.49. The van der Waals surface area contributed by atoms with E-state index >= 15 is 0 Å². The van der Waals surface area contributed by atoms with Crippen molar-refractivity contribution in [2.75, 3.05) is 18.5 Å². The number of aliphatic hydroxyl groups is 1. The Kier molecular flexibility index (Phi) is 5.32. The Labute approximate surface area is 107 Å². The summed E-state index contributed by atoms with van der Waals surface area (Å²) in [5.74, 6) is 0. The number of unbranched alkanes of at least 4 members (excludes halogenated alkanes) is 1. The highest BCUT2D eigenvalue weighted by atomic mass is 16.6. The number of nitro groups is 1. The van der Waals surface area contributed by atoms with E-state index in [1.54, 1.807) is 12.1 Å². The summed E-state index contributed by atoms with van der Waals surface area (Å²) in [6.07, 6.45) is 3.61. The first-order valence-electron chi connectivity index (χ1n) is 5.80. The lowest BCUT2D eigenvalue weighted by Crippen LogP contribution is -2.19. The standard InChI is InChI=1S/C13H18N2O3/c1-3-4-5-8-14(2)12-7-6-11(10-16)9-13(12)15(17)18/h3,6-7,9,16H,1,4-5,8,10H2,2H3. The second-order valence-corrected chi connectivity index (χ2v) is 4.09. The molecule has 0 fully saturated rings. The maximum atomic E-state index is 11.0. The Hall–Kier alpha value is -1.88. The lowest BCUT2D eigenvalue weighted by atomic mass is 10.1. The highest BCUT2D eigenvalue weighted by Crippen LogP contribution is 2.28. The van der Waals surface area contributed by atoms with Crippen molar-refractivity contribution in [3.63, 3.8) is 0 Å². The van der Waals surface area contributed by atoms with Crippen molar-refractivity contribution < 1.29 is 10.0 Å². The summed E-state index contributed by atoms with van der Waals surface area (Å²) < 4.78 is 0. The van der Waals surface area contributed by atoms with Crippen LogP contribution >= 0.6 is 0 Å². The number of rotatable bonds is 7. The first-order chi connectivity index (χ1) is 8.60. The molecule has 0 unspecified atom stereocenters. The van der Waals surface area contributed by atoms with E-state index in [9.17, 15) is 10.1 Å². The van der Waals surface area contributed by atoms with Gasteiger partial charge in [0.25, 0.3) is 5.69 Å². The molecule has 18 heavy (non-hydrogen) atoms. The Morgan fingerprint density at radius 2 is 2.28 bits per heavy atom. The Balaban J connectivity index is 2.92. The number of benzene rings is 1. The second-order valence-electron chi connectivity index (χ2n) is 4.09. The van der Waals surface area contributed by atoms with E-state index in [-0.39, 0.29) is 12.3 Å². The lowest BCUT2D eigenvalue weighted by molar-refractivity contribution is -0.384. The Morgan fingerprint density at radius 1 is 1.56 bits per heavy atom. The van der Waals surface area contributed by atoms with Crippen LogP contribution in [0.15, 0.2) is 30.9 Å². The number of hydrogen-bond donors (Lipinski definition) is 1. The number of nitro benzene ring substituents is 1. The fraction of sp³-hybridized carbons (Fsp3) is 0.385. The third-order valence-corrected chi connectivity index (χ3v) is 2.73. The van der Waals surface area contributed by atoms with E-state index < -0.39 is 4.92 Å². The predicted molar refractivity (Wildman–Crippen MR) is 71.7 cm³/mol. The molecule has 1 rings (SSSR count). The van der Waals surface area contributed by atoms with Crippen LogP contribution in [-0.4, -0.2) is 23.6 Å². The van der Waals surface area contributed by atoms with Crippen LogP contribution in [0.2, 0.25) is 0 Å². The zero-order valence-electron chi connectivity index (χ0n) is 10.5. The largest absolute Gasteiger partial charge is 0.392 e. The summed E-state index contributed by atoms with van der Waals surface area (Å²) in [4.78, 5) is 12.4. The molecule has 1 N–H and O–H groups in total. The first-order valence-corrected chi connectivity index (χ1v) is 5.80. The van der Waals surface area contributed by atoms with Crippen molar-refractivity contribution in [3.05, 3.63) is 46.5 Å². The fourth-order valence-electron chi connectivity index (χ4n) is 1.73. The summed E-state index contributed by atoms with van der Waals surface area (Å²) in [6.45, 7) is 4.18. The molecular weight excluding hydrogens is 232 g/mol. The Bertz CT molecular complexity index is 432. The van der Waals surface area contributed by atoms with E-state index in [1.165, 1.54) is 6.07 Å². The SMILES string of the molecule is C=CCCCN(C)c1ccc(CO)cc1[N+](=O)[O-]. The minimum atomic E-state index is -0.418. The molecule has 1 aromatic rings. The van der Waals surface area contributed by atoms with E-state index in [2.05, 4.69) is 6.58 Å². The minimum Gasteiger partial charge on any atom is -0.392 e. The molecule has 0 atom stereocenters. The average molecular weight is 250 g/mol. The third-order valence-electron chi connectivity index (χ3n) is 2.73. The van der Waals surface area contributed by atoms with Crippen molar-refractivity contribution in [2.24, 2.45) is 0 Å². The fourth-order valence-corrected chi connectivity index (χ4v) is 1.73. The maximum Gasteiger partial charge on any atom is 0.292 e. The van der Waals surface area contributed by atoms with Crippen molar-refractivity contribution in [1.82, 2.24) is 0 Å². The van der Waals surface area contributed by atoms with Crippen LogP contribution in [0, 0.1) is 10.1 Å². The van der Waals surface area contributed by atoms with Crippen molar-refractivity contribution in [1.29, 1.82) is 0 Å². The summed E-state index contributed by atoms with van der Waals surface area (Å²) >= 11 is 0. The van der Waals surface area contributed by atoms with Crippen LogP contribution in [0.25, 0.3) is 0 Å². The first kappa shape index (κ1) is 14.2. The van der Waals surface area contributed by atoms with Gasteiger partial charge in [-0.15, -0.1) is 6.58 Å². The molecule has 0 saturated heterocycles. The van der Waals surface area contributed by atoms with Gasteiger partial charge in [-0.05, 0) is 24.5 Å². The van der Waals surface area contributed by atoms with Gasteiger partial charge in [0.2, 0.25) is 0 Å². The van der Waals surface area contributed by atoms with E-state index in [1.807, 2.05) is 18.0 Å². The highest BCUT2D eigenvalue weighted by molar-refractivity contribution is 5.63. The van der Waals surface area contributed by atoms with Gasteiger partial charge in [-0.3, -0.25) is 10.1 Å². The zero-order chi connectivity index (χ0) is 13.5. The molecule has 5 heteroatoms. The smallest absolute Gasteiger partial charge is 0.292 e. The van der Waals surface area contributed by atoms with E-state index in [4.69, 9.17) is 5.11 Å². The van der Waals surface area contributed by atoms with Gasteiger partial charge in [-0.25, -0.2) is 0 Å². The molecule has 98 valence electrons. The molecule has 0 spiro atoms. The number of hydrogen-bond acceptors (Lipinski definition) is 4. The van der Waals surface area contributed by atoms with Crippen LogP contribution in [0.4, 0.5) is 11.4 Å². The molecular formula is C13H18N2O3. The van der Waals surface area contributed by atoms with Gasteiger partial charge in [-0.1, -0.05) is 12.1 Å². The van der Waals surface area contributed by atoms with Crippen LogP contribution < -0.4 is 4.90 Å². The molecule has 0 aliphatic heterocycles. The summed E-state index contributed by atoms with van der Waals surface area (Å²) in [5.41, 5.74) is 1.15. The van der Waals surface area contributed by atoms with Gasteiger partial charge in [0.1, 0.15) is 5.69 Å². The molecule has 0 aliphatic carbocycles. The van der Waals surface area contributed by atoms with Gasteiger partial charge in [0, 0.05) is 19.7 Å². The van der Waals surface area contributed by atoms with Crippen LogP contribution in [0.1, 0.15) is 18.4 Å². The minimum absolute atomic E-state index is 0.0302. The van der Waals surface area contributed by atoms with Crippen molar-refractivity contribution >= 4 is 11.4 Å².